The SMILES string of the molecule is CN=C(NCCN(C)C(=O)OC(C)(C)C)NCc1ccc(F)cc1CSC. The predicted molar refractivity (Wildman–Crippen MR) is 111 cm³/mol. The number of guanidine groups is 1. The van der Waals surface area contributed by atoms with E-state index in [1.54, 1.807) is 38.0 Å². The summed E-state index contributed by atoms with van der Waals surface area (Å²) in [4.78, 5) is 17.6. The van der Waals surface area contributed by atoms with Crippen LogP contribution in [0, 0.1) is 5.82 Å². The molecule has 0 saturated carbocycles. The molecule has 0 aliphatic rings. The van der Waals surface area contributed by atoms with Crippen LogP contribution in [0.15, 0.2) is 23.2 Å². The number of nitrogens with one attached hydrogen (secondary N) is 2. The van der Waals surface area contributed by atoms with Crippen molar-refractivity contribution >= 4 is 23.8 Å². The largest absolute Gasteiger partial charge is 0.444 e. The first kappa shape index (κ1) is 23.1. The van der Waals surface area contributed by atoms with E-state index in [0.29, 0.717) is 25.6 Å². The summed E-state index contributed by atoms with van der Waals surface area (Å²) in [5, 5.41) is 6.38. The Labute approximate surface area is 165 Å². The maximum atomic E-state index is 13.4. The number of ether oxygens (including phenoxy) is 1. The summed E-state index contributed by atoms with van der Waals surface area (Å²) in [5.74, 6) is 1.14. The third-order valence-electron chi connectivity index (χ3n) is 3.58. The summed E-state index contributed by atoms with van der Waals surface area (Å²) in [7, 11) is 3.37. The number of thioether (sulfide) groups is 1. The number of hydrogen-bond donors (Lipinski definition) is 2. The number of benzene rings is 1. The van der Waals surface area contributed by atoms with Crippen LogP contribution in [0.1, 0.15) is 31.9 Å². The molecule has 0 saturated heterocycles. The van der Waals surface area contributed by atoms with Gasteiger partial charge in [0.25, 0.3) is 0 Å². The zero-order valence-corrected chi connectivity index (χ0v) is 17.9. The molecule has 27 heavy (non-hydrogen) atoms. The van der Waals surface area contributed by atoms with Crippen molar-refractivity contribution in [1.82, 2.24) is 15.5 Å². The van der Waals surface area contributed by atoms with Crippen molar-refractivity contribution in [3.63, 3.8) is 0 Å². The second-order valence-corrected chi connectivity index (χ2v) is 7.97. The lowest BCUT2D eigenvalue weighted by molar-refractivity contribution is 0.0302. The van der Waals surface area contributed by atoms with Crippen LogP contribution in [0.2, 0.25) is 0 Å². The number of halogens is 1. The van der Waals surface area contributed by atoms with E-state index in [4.69, 9.17) is 4.74 Å². The fourth-order valence-corrected chi connectivity index (χ4v) is 2.81. The summed E-state index contributed by atoms with van der Waals surface area (Å²) < 4.78 is 18.8. The predicted octanol–water partition coefficient (Wildman–Crippen LogP) is 3.22. The van der Waals surface area contributed by atoms with Gasteiger partial charge in [-0.25, -0.2) is 9.18 Å². The molecule has 0 atom stereocenters. The molecule has 0 bridgehead atoms. The highest BCUT2D eigenvalue weighted by atomic mass is 32.2. The zero-order valence-electron chi connectivity index (χ0n) is 17.1. The molecule has 8 heteroatoms. The number of likely N-dealkylation sites (N-methyl/N-ethyl adjacent to an activating group) is 1. The number of carbonyl (C=O) groups is 1. The minimum Gasteiger partial charge on any atom is -0.444 e. The van der Waals surface area contributed by atoms with E-state index in [-0.39, 0.29) is 11.9 Å². The van der Waals surface area contributed by atoms with Crippen LogP contribution in [0.5, 0.6) is 0 Å². The zero-order chi connectivity index (χ0) is 20.4. The van der Waals surface area contributed by atoms with Crippen molar-refractivity contribution in [2.24, 2.45) is 4.99 Å². The van der Waals surface area contributed by atoms with Crippen LogP contribution >= 0.6 is 11.8 Å². The van der Waals surface area contributed by atoms with E-state index in [2.05, 4.69) is 15.6 Å². The molecular weight excluding hydrogens is 367 g/mol. The monoisotopic (exact) mass is 398 g/mol. The van der Waals surface area contributed by atoms with Gasteiger partial charge in [0.1, 0.15) is 11.4 Å². The van der Waals surface area contributed by atoms with E-state index in [1.807, 2.05) is 27.0 Å². The molecule has 0 radical (unpaired) electrons. The Hall–Kier alpha value is -1.96. The van der Waals surface area contributed by atoms with E-state index < -0.39 is 5.60 Å². The molecule has 2 N–H and O–H groups in total. The van der Waals surface area contributed by atoms with Crippen molar-refractivity contribution in [2.45, 2.75) is 38.7 Å². The van der Waals surface area contributed by atoms with Crippen molar-refractivity contribution < 1.29 is 13.9 Å². The molecule has 1 amide bonds. The van der Waals surface area contributed by atoms with E-state index >= 15 is 0 Å². The highest BCUT2D eigenvalue weighted by Crippen LogP contribution is 2.16. The molecule has 0 aromatic heterocycles. The molecule has 0 aliphatic carbocycles. The quantitative estimate of drug-likeness (QED) is 0.545. The normalized spacial score (nSPS) is 11.9. The molecule has 0 fully saturated rings. The second-order valence-electron chi connectivity index (χ2n) is 7.10. The van der Waals surface area contributed by atoms with Crippen LogP contribution in [-0.4, -0.2) is 56.0 Å². The van der Waals surface area contributed by atoms with Gasteiger partial charge in [-0.3, -0.25) is 4.99 Å². The first-order valence-corrected chi connectivity index (χ1v) is 10.2. The smallest absolute Gasteiger partial charge is 0.410 e. The van der Waals surface area contributed by atoms with Crippen molar-refractivity contribution in [3.8, 4) is 0 Å². The van der Waals surface area contributed by atoms with Crippen LogP contribution < -0.4 is 10.6 Å². The molecule has 1 rings (SSSR count). The Bertz CT molecular complexity index is 647. The van der Waals surface area contributed by atoms with Crippen LogP contribution in [0.3, 0.4) is 0 Å². The Morgan fingerprint density at radius 1 is 1.30 bits per heavy atom. The molecule has 6 nitrogen and oxygen atoms in total. The van der Waals surface area contributed by atoms with Crippen molar-refractivity contribution in [1.29, 1.82) is 0 Å². The lowest BCUT2D eigenvalue weighted by Crippen LogP contribution is -2.42. The lowest BCUT2D eigenvalue weighted by Gasteiger charge is -2.25. The van der Waals surface area contributed by atoms with Gasteiger partial charge in [-0.2, -0.15) is 11.8 Å². The number of amides is 1. The molecule has 0 heterocycles. The summed E-state index contributed by atoms with van der Waals surface area (Å²) in [6.07, 6.45) is 1.63. The third-order valence-corrected chi connectivity index (χ3v) is 4.18. The number of nitrogens with zero attached hydrogens (tertiary/aromatic N) is 2. The van der Waals surface area contributed by atoms with Crippen LogP contribution in [-0.2, 0) is 17.0 Å². The highest BCUT2D eigenvalue weighted by molar-refractivity contribution is 7.97. The van der Waals surface area contributed by atoms with Gasteiger partial charge in [-0.1, -0.05) is 6.07 Å². The molecular formula is C19H31FN4O2S. The number of hydrogen-bond acceptors (Lipinski definition) is 4. The van der Waals surface area contributed by atoms with Gasteiger partial charge in [0.2, 0.25) is 0 Å². The highest BCUT2D eigenvalue weighted by Gasteiger charge is 2.19. The average molecular weight is 399 g/mol. The van der Waals surface area contributed by atoms with E-state index in [0.717, 1.165) is 16.9 Å². The van der Waals surface area contributed by atoms with Gasteiger partial charge >= 0.3 is 6.09 Å². The molecule has 0 unspecified atom stereocenters. The maximum absolute atomic E-state index is 13.4. The van der Waals surface area contributed by atoms with Gasteiger partial charge < -0.3 is 20.3 Å². The van der Waals surface area contributed by atoms with E-state index in [1.165, 1.54) is 11.0 Å². The molecule has 1 aromatic carbocycles. The summed E-state index contributed by atoms with van der Waals surface area (Å²) >= 11 is 1.65. The standard InChI is InChI=1S/C19H31FN4O2S/c1-19(2,3)26-18(25)24(5)10-9-22-17(21-4)23-12-14-7-8-16(20)11-15(14)13-27-6/h7-8,11H,9-10,12-13H2,1-6H3,(H2,21,22,23). The Balaban J connectivity index is 2.49. The summed E-state index contributed by atoms with van der Waals surface area (Å²) in [5.41, 5.74) is 1.48. The minimum atomic E-state index is -0.514. The second kappa shape index (κ2) is 11.0. The molecule has 0 aliphatic heterocycles. The lowest BCUT2D eigenvalue weighted by atomic mass is 10.1. The van der Waals surface area contributed by atoms with Gasteiger partial charge in [-0.15, -0.1) is 0 Å². The molecule has 0 spiro atoms. The van der Waals surface area contributed by atoms with Crippen LogP contribution in [0.4, 0.5) is 9.18 Å². The van der Waals surface area contributed by atoms with Crippen molar-refractivity contribution in [3.05, 3.63) is 35.1 Å². The third kappa shape index (κ3) is 8.99. The average Bonchev–Trinajstić information content (AvgIpc) is 2.57. The fraction of sp³-hybridized carbons (Fsp3) is 0.579. The molecule has 152 valence electrons. The van der Waals surface area contributed by atoms with Crippen molar-refractivity contribution in [2.75, 3.05) is 33.4 Å². The molecule has 1 aromatic rings. The van der Waals surface area contributed by atoms with Gasteiger partial charge in [0.05, 0.1) is 0 Å². The van der Waals surface area contributed by atoms with Crippen LogP contribution in [0.25, 0.3) is 0 Å². The topological polar surface area (TPSA) is 66.0 Å². The summed E-state index contributed by atoms with van der Waals surface area (Å²) in [6.45, 7) is 7.05. The van der Waals surface area contributed by atoms with Gasteiger partial charge in [0, 0.05) is 39.5 Å². The number of rotatable bonds is 7. The fourth-order valence-electron chi connectivity index (χ4n) is 2.23. The Morgan fingerprint density at radius 2 is 2.00 bits per heavy atom. The summed E-state index contributed by atoms with van der Waals surface area (Å²) in [6, 6.07) is 4.82. The van der Waals surface area contributed by atoms with Gasteiger partial charge in [-0.05, 0) is 50.3 Å². The number of aliphatic imine (C=N–C) groups is 1. The minimum absolute atomic E-state index is 0.226. The Morgan fingerprint density at radius 3 is 2.59 bits per heavy atom. The Kier molecular flexibility index (Phi) is 9.41. The van der Waals surface area contributed by atoms with Gasteiger partial charge in [0.15, 0.2) is 5.96 Å². The first-order chi connectivity index (χ1) is 12.7. The number of carbonyl (C=O) groups excluding carboxylic acids is 1. The first-order valence-electron chi connectivity index (χ1n) is 8.81. The van der Waals surface area contributed by atoms with E-state index in [9.17, 15) is 9.18 Å². The maximum Gasteiger partial charge on any atom is 0.410 e.